The second kappa shape index (κ2) is 5.99. The molecule has 1 atom stereocenters. The summed E-state index contributed by atoms with van der Waals surface area (Å²) in [4.78, 5) is 2.24. The number of hydrogen-bond donors (Lipinski definition) is 1. The zero-order chi connectivity index (χ0) is 14.9. The van der Waals surface area contributed by atoms with Crippen LogP contribution in [0.25, 0.3) is 0 Å². The second-order valence-corrected chi connectivity index (χ2v) is 7.47. The van der Waals surface area contributed by atoms with Gasteiger partial charge in [-0.2, -0.15) is 4.31 Å². The second-order valence-electron chi connectivity index (χ2n) is 5.20. The monoisotopic (exact) mass is 317 g/mol. The van der Waals surface area contributed by atoms with E-state index in [4.69, 9.17) is 17.3 Å². The van der Waals surface area contributed by atoms with Crippen LogP contribution in [0.4, 0.5) is 0 Å². The number of rotatable bonds is 3. The summed E-state index contributed by atoms with van der Waals surface area (Å²) in [6.45, 7) is 3.94. The maximum absolute atomic E-state index is 12.8. The van der Waals surface area contributed by atoms with Crippen LogP contribution in [0.5, 0.6) is 0 Å². The molecule has 1 aromatic rings. The van der Waals surface area contributed by atoms with Crippen LogP contribution in [0.1, 0.15) is 5.56 Å². The Morgan fingerprint density at radius 1 is 1.40 bits per heavy atom. The Morgan fingerprint density at radius 2 is 2.10 bits per heavy atom. The molecule has 1 aromatic carbocycles. The van der Waals surface area contributed by atoms with Crippen molar-refractivity contribution in [2.75, 3.05) is 33.2 Å². The van der Waals surface area contributed by atoms with Gasteiger partial charge in [-0.3, -0.25) is 0 Å². The predicted octanol–water partition coefficient (Wildman–Crippen LogP) is 0.912. The molecule has 1 fully saturated rings. The lowest BCUT2D eigenvalue weighted by Gasteiger charge is -2.38. The maximum Gasteiger partial charge on any atom is 0.244 e. The van der Waals surface area contributed by atoms with E-state index < -0.39 is 10.0 Å². The van der Waals surface area contributed by atoms with Gasteiger partial charge in [0.25, 0.3) is 0 Å². The first kappa shape index (κ1) is 15.7. The van der Waals surface area contributed by atoms with Gasteiger partial charge in [-0.25, -0.2) is 8.42 Å². The van der Waals surface area contributed by atoms with Gasteiger partial charge in [-0.1, -0.05) is 17.7 Å². The smallest absolute Gasteiger partial charge is 0.244 e. The largest absolute Gasteiger partial charge is 0.329 e. The SMILES string of the molecule is Cc1ccc(S(=O)(=O)N2CCN(C)CC2CN)c(Cl)c1. The van der Waals surface area contributed by atoms with E-state index in [1.54, 1.807) is 18.2 Å². The Kier molecular flexibility index (Phi) is 4.71. The molecule has 7 heteroatoms. The van der Waals surface area contributed by atoms with Crippen molar-refractivity contribution in [3.63, 3.8) is 0 Å². The van der Waals surface area contributed by atoms with Crippen LogP contribution >= 0.6 is 11.6 Å². The van der Waals surface area contributed by atoms with Crippen molar-refractivity contribution in [3.05, 3.63) is 28.8 Å². The average molecular weight is 318 g/mol. The number of sulfonamides is 1. The van der Waals surface area contributed by atoms with Crippen LogP contribution in [0, 0.1) is 6.92 Å². The van der Waals surface area contributed by atoms with Crippen LogP contribution in [0.3, 0.4) is 0 Å². The number of likely N-dealkylation sites (N-methyl/N-ethyl adjacent to an activating group) is 1. The molecule has 1 aliphatic heterocycles. The normalized spacial score (nSPS) is 22.1. The summed E-state index contributed by atoms with van der Waals surface area (Å²) in [7, 11) is -1.64. The Morgan fingerprint density at radius 3 is 2.70 bits per heavy atom. The molecule has 0 spiro atoms. The van der Waals surface area contributed by atoms with Crippen LogP contribution in [0.15, 0.2) is 23.1 Å². The highest BCUT2D eigenvalue weighted by atomic mass is 35.5. The predicted molar refractivity (Wildman–Crippen MR) is 80.4 cm³/mol. The van der Waals surface area contributed by atoms with E-state index in [0.717, 1.165) is 5.56 Å². The molecular weight excluding hydrogens is 298 g/mol. The van der Waals surface area contributed by atoms with E-state index in [0.29, 0.717) is 26.2 Å². The summed E-state index contributed by atoms with van der Waals surface area (Å²) in [5.74, 6) is 0. The zero-order valence-corrected chi connectivity index (χ0v) is 13.3. The van der Waals surface area contributed by atoms with Gasteiger partial charge in [-0.05, 0) is 31.7 Å². The minimum atomic E-state index is -3.60. The minimum Gasteiger partial charge on any atom is -0.329 e. The van der Waals surface area contributed by atoms with E-state index in [1.165, 1.54) is 4.31 Å². The Balaban J connectivity index is 2.38. The van der Waals surface area contributed by atoms with Crippen molar-refractivity contribution in [1.82, 2.24) is 9.21 Å². The first-order valence-corrected chi connectivity index (χ1v) is 8.34. The van der Waals surface area contributed by atoms with Crippen LogP contribution in [-0.4, -0.2) is 56.9 Å². The molecule has 2 N–H and O–H groups in total. The summed E-state index contributed by atoms with van der Waals surface area (Å²) in [5, 5.41) is 0.264. The quantitative estimate of drug-likeness (QED) is 0.900. The van der Waals surface area contributed by atoms with Crippen molar-refractivity contribution in [2.45, 2.75) is 17.9 Å². The molecule has 5 nitrogen and oxygen atoms in total. The van der Waals surface area contributed by atoms with E-state index in [2.05, 4.69) is 4.90 Å². The van der Waals surface area contributed by atoms with E-state index in [1.807, 2.05) is 14.0 Å². The fourth-order valence-electron chi connectivity index (χ4n) is 2.44. The van der Waals surface area contributed by atoms with E-state index >= 15 is 0 Å². The highest BCUT2D eigenvalue weighted by Crippen LogP contribution is 2.27. The van der Waals surface area contributed by atoms with Gasteiger partial charge < -0.3 is 10.6 Å². The summed E-state index contributed by atoms with van der Waals surface area (Å²) in [6, 6.07) is 4.78. The molecule has 0 radical (unpaired) electrons. The molecule has 0 amide bonds. The van der Waals surface area contributed by atoms with E-state index in [-0.39, 0.29) is 16.0 Å². The first-order chi connectivity index (χ1) is 9.36. The number of aryl methyl sites for hydroxylation is 1. The molecule has 1 heterocycles. The van der Waals surface area contributed by atoms with Crippen LogP contribution in [0.2, 0.25) is 5.02 Å². The lowest BCUT2D eigenvalue weighted by atomic mass is 10.2. The molecule has 112 valence electrons. The molecule has 2 rings (SSSR count). The van der Waals surface area contributed by atoms with Gasteiger partial charge in [0.2, 0.25) is 10.0 Å². The van der Waals surface area contributed by atoms with Crippen molar-refractivity contribution in [1.29, 1.82) is 0 Å². The third-order valence-corrected chi connectivity index (χ3v) is 6.01. The standard InChI is InChI=1S/C13H20ClN3O2S/c1-10-3-4-13(12(14)7-10)20(18,19)17-6-5-16(2)9-11(17)8-15/h3-4,7,11H,5-6,8-9,15H2,1-2H3. The maximum atomic E-state index is 12.8. The van der Waals surface area contributed by atoms with E-state index in [9.17, 15) is 8.42 Å². The number of hydrogen-bond acceptors (Lipinski definition) is 4. The average Bonchev–Trinajstić information content (AvgIpc) is 2.37. The summed E-state index contributed by atoms with van der Waals surface area (Å²) >= 11 is 6.11. The fraction of sp³-hybridized carbons (Fsp3) is 0.538. The van der Waals surface area contributed by atoms with Gasteiger partial charge in [0.05, 0.1) is 11.1 Å². The summed E-state index contributed by atoms with van der Waals surface area (Å²) < 4.78 is 27.0. The molecule has 0 saturated carbocycles. The number of benzene rings is 1. The highest BCUT2D eigenvalue weighted by Gasteiger charge is 2.35. The van der Waals surface area contributed by atoms with Gasteiger partial charge in [0, 0.05) is 26.2 Å². The Hall–Kier alpha value is -0.660. The third kappa shape index (κ3) is 2.99. The van der Waals surface area contributed by atoms with Crippen LogP contribution < -0.4 is 5.73 Å². The zero-order valence-electron chi connectivity index (χ0n) is 11.7. The number of nitrogens with zero attached hydrogens (tertiary/aromatic N) is 2. The van der Waals surface area contributed by atoms with Crippen molar-refractivity contribution in [3.8, 4) is 0 Å². The number of piperazine rings is 1. The van der Waals surface area contributed by atoms with Crippen molar-refractivity contribution in [2.24, 2.45) is 5.73 Å². The molecule has 0 aromatic heterocycles. The molecule has 1 unspecified atom stereocenters. The summed E-state index contributed by atoms with van der Waals surface area (Å²) in [6.07, 6.45) is 0. The molecule has 0 aliphatic carbocycles. The van der Waals surface area contributed by atoms with Crippen molar-refractivity contribution >= 4 is 21.6 Å². The van der Waals surface area contributed by atoms with Gasteiger partial charge >= 0.3 is 0 Å². The van der Waals surface area contributed by atoms with Crippen molar-refractivity contribution < 1.29 is 8.42 Å². The molecule has 1 aliphatic rings. The fourth-order valence-corrected chi connectivity index (χ4v) is 4.64. The van der Waals surface area contributed by atoms with Crippen LogP contribution in [-0.2, 0) is 10.0 Å². The molecule has 0 bridgehead atoms. The van der Waals surface area contributed by atoms with Gasteiger partial charge in [-0.15, -0.1) is 0 Å². The number of nitrogens with two attached hydrogens (primary N) is 1. The topological polar surface area (TPSA) is 66.6 Å². The summed E-state index contributed by atoms with van der Waals surface area (Å²) in [5.41, 5.74) is 6.66. The highest BCUT2D eigenvalue weighted by molar-refractivity contribution is 7.89. The van der Waals surface area contributed by atoms with Gasteiger partial charge in [0.1, 0.15) is 4.90 Å². The molecule has 20 heavy (non-hydrogen) atoms. The first-order valence-electron chi connectivity index (χ1n) is 6.53. The minimum absolute atomic E-state index is 0.160. The molecular formula is C13H20ClN3O2S. The molecule has 1 saturated heterocycles. The third-order valence-electron chi connectivity index (χ3n) is 3.58. The van der Waals surface area contributed by atoms with Gasteiger partial charge in [0.15, 0.2) is 0 Å². The Labute approximate surface area is 125 Å². The lowest BCUT2D eigenvalue weighted by molar-refractivity contribution is 0.164. The number of halogens is 1. The Bertz CT molecular complexity index is 591. The lowest BCUT2D eigenvalue weighted by Crippen LogP contribution is -2.56.